The molecule has 0 saturated carbocycles. The Kier molecular flexibility index (Phi) is 13.7. The average Bonchev–Trinajstić information content (AvgIpc) is 3.28. The molecule has 8 rings (SSSR count). The van der Waals surface area contributed by atoms with Crippen molar-refractivity contribution in [3.63, 3.8) is 0 Å². The first-order chi connectivity index (χ1) is 30.9. The predicted molar refractivity (Wildman–Crippen MR) is 223 cm³/mol. The Morgan fingerprint density at radius 2 is 1.26 bits per heavy atom. The van der Waals surface area contributed by atoms with E-state index in [9.17, 15) is 60.7 Å². The summed E-state index contributed by atoms with van der Waals surface area (Å²) in [4.78, 5) is 24.6. The van der Waals surface area contributed by atoms with E-state index in [1.807, 2.05) is 26.0 Å². The van der Waals surface area contributed by atoms with E-state index in [0.717, 1.165) is 5.57 Å². The van der Waals surface area contributed by atoms with Crippen LogP contribution in [0, 0.1) is 5.41 Å². The van der Waals surface area contributed by atoms with Gasteiger partial charge in [0.2, 0.25) is 12.6 Å². The summed E-state index contributed by atoms with van der Waals surface area (Å²) in [6, 6.07) is 12.0. The van der Waals surface area contributed by atoms with E-state index >= 15 is 0 Å². The molecule has 4 aliphatic rings. The lowest BCUT2D eigenvalue weighted by Crippen LogP contribution is -2.61. The van der Waals surface area contributed by atoms with Crippen molar-refractivity contribution in [3.8, 4) is 11.5 Å². The Hall–Kier alpha value is -4.62. The first-order valence-corrected chi connectivity index (χ1v) is 21.1. The zero-order valence-corrected chi connectivity index (χ0v) is 35.1. The maximum atomic E-state index is 12.3. The molecule has 20 heteroatoms. The van der Waals surface area contributed by atoms with E-state index in [-0.39, 0.29) is 29.3 Å². The predicted octanol–water partition coefficient (Wildman–Crippen LogP) is -0.736. The monoisotopic (exact) mass is 912 g/mol. The number of allylic oxidation sites excluding steroid dienone is 3. The highest BCUT2D eigenvalue weighted by molar-refractivity contribution is 5.83. The number of benzene rings is 2. The lowest BCUT2D eigenvalue weighted by atomic mass is 9.66. The fourth-order valence-electron chi connectivity index (χ4n) is 8.58. The molecule has 65 heavy (non-hydrogen) atoms. The van der Waals surface area contributed by atoms with E-state index in [2.05, 4.69) is 0 Å². The summed E-state index contributed by atoms with van der Waals surface area (Å²) in [6.45, 7) is 2.40. The molecule has 20 nitrogen and oxygen atoms in total. The summed E-state index contributed by atoms with van der Waals surface area (Å²) in [7, 11) is 0. The Morgan fingerprint density at radius 1 is 0.692 bits per heavy atom. The molecule has 16 atom stereocenters. The smallest absolute Gasteiger partial charge is 0.336 e. The molecule has 4 aromatic rings. The van der Waals surface area contributed by atoms with Crippen LogP contribution < -0.4 is 20.7 Å². The van der Waals surface area contributed by atoms with Crippen LogP contribution in [0.3, 0.4) is 0 Å². The van der Waals surface area contributed by atoms with Crippen LogP contribution in [0.2, 0.25) is 0 Å². The minimum absolute atomic E-state index is 0.0219. The van der Waals surface area contributed by atoms with E-state index in [1.165, 1.54) is 24.3 Å². The van der Waals surface area contributed by atoms with Gasteiger partial charge in [-0.1, -0.05) is 30.7 Å². The molecule has 1 aliphatic carbocycles. The molecule has 3 aliphatic heterocycles. The van der Waals surface area contributed by atoms with Crippen LogP contribution in [0.25, 0.3) is 28.0 Å². The molecule has 0 bridgehead atoms. The van der Waals surface area contributed by atoms with Crippen molar-refractivity contribution >= 4 is 28.0 Å². The minimum Gasteiger partial charge on any atom is -0.462 e. The minimum atomic E-state index is -1.82. The zero-order chi connectivity index (χ0) is 46.5. The number of hydrogen-bond acceptors (Lipinski definition) is 20. The van der Waals surface area contributed by atoms with Gasteiger partial charge in [0.1, 0.15) is 89.8 Å². The van der Waals surface area contributed by atoms with Crippen LogP contribution in [0.15, 0.2) is 84.7 Å². The first-order valence-electron chi connectivity index (χ1n) is 21.1. The van der Waals surface area contributed by atoms with Crippen molar-refractivity contribution in [3.05, 3.63) is 98.2 Å². The van der Waals surface area contributed by atoms with E-state index in [0.29, 0.717) is 34.7 Å². The fraction of sp³-hybridized carbons (Fsp3) is 0.511. The van der Waals surface area contributed by atoms with Crippen molar-refractivity contribution in [1.29, 1.82) is 0 Å². The van der Waals surface area contributed by atoms with E-state index < -0.39 is 122 Å². The second-order valence-electron chi connectivity index (χ2n) is 17.2. The second-order valence-corrected chi connectivity index (χ2v) is 17.2. The zero-order valence-electron chi connectivity index (χ0n) is 35.1. The van der Waals surface area contributed by atoms with Gasteiger partial charge >= 0.3 is 11.3 Å². The first kappa shape index (κ1) is 46.9. The van der Waals surface area contributed by atoms with Crippen LogP contribution in [0.1, 0.15) is 43.7 Å². The Morgan fingerprint density at radius 3 is 1.91 bits per heavy atom. The quantitative estimate of drug-likeness (QED) is 0.0655. The number of hydrogen-bond donors (Lipinski definition) is 10. The average molecular weight is 913 g/mol. The van der Waals surface area contributed by atoms with Crippen LogP contribution in [0.4, 0.5) is 0 Å². The van der Waals surface area contributed by atoms with Gasteiger partial charge in [-0.25, -0.2) is 9.59 Å². The number of ether oxygens (including phenoxy) is 6. The molecule has 3 fully saturated rings. The molecule has 3 saturated heterocycles. The summed E-state index contributed by atoms with van der Waals surface area (Å²) in [6.07, 6.45) is -15.4. The normalized spacial score (nSPS) is 36.8. The molecule has 2 aromatic heterocycles. The van der Waals surface area contributed by atoms with Crippen molar-refractivity contribution in [1.82, 2.24) is 0 Å². The number of rotatable bonds is 11. The van der Waals surface area contributed by atoms with E-state index in [4.69, 9.17) is 37.3 Å². The Bertz CT molecular complexity index is 2520. The van der Waals surface area contributed by atoms with Crippen molar-refractivity contribution in [2.75, 3.05) is 19.8 Å². The van der Waals surface area contributed by atoms with Gasteiger partial charge in [0.25, 0.3) is 0 Å². The van der Waals surface area contributed by atoms with Crippen LogP contribution in [-0.2, 0) is 18.9 Å². The van der Waals surface area contributed by atoms with Gasteiger partial charge < -0.3 is 88.3 Å². The van der Waals surface area contributed by atoms with Crippen LogP contribution in [-0.4, -0.2) is 157 Å². The van der Waals surface area contributed by atoms with Gasteiger partial charge in [-0.05, 0) is 49.4 Å². The molecular weight excluding hydrogens is 860 g/mol. The van der Waals surface area contributed by atoms with E-state index in [1.54, 1.807) is 30.3 Å². The maximum absolute atomic E-state index is 12.3. The third kappa shape index (κ3) is 9.51. The number of fused-ring (bicyclic) bond motifs is 2. The number of aliphatic hydroxyl groups is 10. The third-order valence-corrected chi connectivity index (χ3v) is 12.6. The largest absolute Gasteiger partial charge is 0.462 e. The molecule has 2 aromatic carbocycles. The Labute approximate surface area is 369 Å². The molecule has 10 N–H and O–H groups in total. The second kappa shape index (κ2) is 18.9. The highest BCUT2D eigenvalue weighted by Gasteiger charge is 2.48. The van der Waals surface area contributed by atoms with Gasteiger partial charge in [0, 0.05) is 52.1 Å². The lowest BCUT2D eigenvalue weighted by molar-refractivity contribution is -0.307. The lowest BCUT2D eigenvalue weighted by Gasteiger charge is -2.41. The fourth-order valence-corrected chi connectivity index (χ4v) is 8.58. The van der Waals surface area contributed by atoms with Gasteiger partial charge in [0.15, 0.2) is 6.29 Å². The molecule has 352 valence electrons. The molecule has 0 amide bonds. The van der Waals surface area contributed by atoms with Gasteiger partial charge in [-0.2, -0.15) is 0 Å². The molecule has 0 spiro atoms. The highest BCUT2D eigenvalue weighted by atomic mass is 16.7. The van der Waals surface area contributed by atoms with Crippen LogP contribution >= 0.6 is 0 Å². The van der Waals surface area contributed by atoms with Gasteiger partial charge in [0.05, 0.1) is 19.8 Å². The maximum Gasteiger partial charge on any atom is 0.336 e. The molecular formula is C45H52O20. The molecule has 5 heterocycles. The highest BCUT2D eigenvalue weighted by Crippen LogP contribution is 2.51. The third-order valence-electron chi connectivity index (χ3n) is 12.6. The van der Waals surface area contributed by atoms with Crippen molar-refractivity contribution in [2.45, 2.75) is 119 Å². The number of aliphatic hydroxyl groups excluding tert-OH is 10. The summed E-state index contributed by atoms with van der Waals surface area (Å²) in [5, 5.41) is 106. The van der Waals surface area contributed by atoms with Crippen molar-refractivity contribution < 1.29 is 88.3 Å². The van der Waals surface area contributed by atoms with Gasteiger partial charge in [-0.15, -0.1) is 0 Å². The van der Waals surface area contributed by atoms with Crippen LogP contribution in [0.5, 0.6) is 11.5 Å². The summed E-state index contributed by atoms with van der Waals surface area (Å²) >= 11 is 0. The summed E-state index contributed by atoms with van der Waals surface area (Å²) < 4.78 is 45.8. The summed E-state index contributed by atoms with van der Waals surface area (Å²) in [5.41, 5.74) is 0.199. The Balaban J connectivity index is 1.13. The van der Waals surface area contributed by atoms with Crippen molar-refractivity contribution in [2.24, 2.45) is 5.41 Å². The SMILES string of the molecule is CC1=C[C@@H](c2cc3ccc(=O)oc3cc2O[C@@H]2O[C@H](CO)[C@@H](O)[C@H](O)[C@H]2O)[C@@](C)(/C=C/c2cc3ccc(=O)oc3cc2O[C@@H]2O[C@H](COC3OC[C@@H](O)[C@H](O)[C@H]3O)[C@@H](O)[C@H](O)[C@H]2O)CC1. The topological polar surface area (TPSA) is 318 Å². The standard InChI is InChI=1S/C45H52O20/c1-19-7-9-45(2,24(11-19)23-13-21-4-6-33(49)61-27(21)15-29(23)63-44-40(56)37(53)35(51)30(16-46)64-44)10-8-22-12-20-3-5-32(48)60-26(20)14-28(22)62-43-41(57)38(54)36(52)31(65-43)18-59-42-39(55)34(50)25(47)17-58-42/h3-6,8,10-15,24-25,30-31,34-44,46-47,50-57H,7,9,16-18H2,1-2H3/b10-8+/t24-,25+,30+,31+,34-,35+,36+,37-,38-,39+,40+,41+,42?,43+,44+,45+/m0/s1. The molecule has 1 unspecified atom stereocenters. The van der Waals surface area contributed by atoms with Gasteiger partial charge in [-0.3, -0.25) is 0 Å². The molecule has 0 radical (unpaired) electrons. The summed E-state index contributed by atoms with van der Waals surface area (Å²) in [5.74, 6) is -0.366.